The molecule has 5 heteroatoms. The standard InChI is InChI=1S/C11H14BrN3O/c1-7-8(12)2-3-9(14-7)15-10(16)11(6-13)4-5-11/h2-3H,4-6,13H2,1H3,(H,14,15,16). The fourth-order valence-electron chi connectivity index (χ4n) is 1.54. The first-order valence-electron chi connectivity index (χ1n) is 5.22. The molecule has 0 unspecified atom stereocenters. The number of anilines is 1. The number of aromatic nitrogens is 1. The summed E-state index contributed by atoms with van der Waals surface area (Å²) in [4.78, 5) is 16.1. The second-order valence-electron chi connectivity index (χ2n) is 4.20. The van der Waals surface area contributed by atoms with Gasteiger partial charge in [-0.1, -0.05) is 0 Å². The lowest BCUT2D eigenvalue weighted by Crippen LogP contribution is -2.31. The van der Waals surface area contributed by atoms with Crippen LogP contribution in [0.3, 0.4) is 0 Å². The number of amides is 1. The Balaban J connectivity index is 2.09. The van der Waals surface area contributed by atoms with Crippen LogP contribution < -0.4 is 11.1 Å². The van der Waals surface area contributed by atoms with Gasteiger partial charge in [0.15, 0.2) is 0 Å². The van der Waals surface area contributed by atoms with Gasteiger partial charge in [0.05, 0.1) is 11.1 Å². The molecule has 1 amide bonds. The maximum atomic E-state index is 11.9. The highest BCUT2D eigenvalue weighted by Gasteiger charge is 2.48. The zero-order valence-electron chi connectivity index (χ0n) is 9.09. The highest BCUT2D eigenvalue weighted by molar-refractivity contribution is 9.10. The monoisotopic (exact) mass is 283 g/mol. The third-order valence-electron chi connectivity index (χ3n) is 2.99. The van der Waals surface area contributed by atoms with Crippen molar-refractivity contribution < 1.29 is 4.79 Å². The van der Waals surface area contributed by atoms with Gasteiger partial charge in [-0.25, -0.2) is 4.98 Å². The van der Waals surface area contributed by atoms with Crippen LogP contribution in [0.5, 0.6) is 0 Å². The lowest BCUT2D eigenvalue weighted by atomic mass is 10.1. The molecular weight excluding hydrogens is 270 g/mol. The second-order valence-corrected chi connectivity index (χ2v) is 5.06. The summed E-state index contributed by atoms with van der Waals surface area (Å²) in [6.45, 7) is 2.30. The van der Waals surface area contributed by atoms with E-state index in [-0.39, 0.29) is 11.3 Å². The number of carbonyl (C=O) groups excluding carboxylic acids is 1. The van der Waals surface area contributed by atoms with E-state index in [0.29, 0.717) is 12.4 Å². The van der Waals surface area contributed by atoms with Crippen molar-refractivity contribution in [1.29, 1.82) is 0 Å². The maximum Gasteiger partial charge on any atom is 0.233 e. The molecule has 1 fully saturated rings. The Bertz CT molecular complexity index is 429. The molecule has 3 N–H and O–H groups in total. The molecule has 1 aromatic heterocycles. The van der Waals surface area contributed by atoms with E-state index in [1.807, 2.05) is 13.0 Å². The minimum Gasteiger partial charge on any atom is -0.329 e. The number of pyridine rings is 1. The van der Waals surface area contributed by atoms with Gasteiger partial charge in [0.1, 0.15) is 5.82 Å². The first-order chi connectivity index (χ1) is 7.57. The van der Waals surface area contributed by atoms with Gasteiger partial charge >= 0.3 is 0 Å². The SMILES string of the molecule is Cc1nc(NC(=O)C2(CN)CC2)ccc1Br. The van der Waals surface area contributed by atoms with Crippen molar-refractivity contribution in [2.45, 2.75) is 19.8 Å². The number of hydrogen-bond acceptors (Lipinski definition) is 3. The topological polar surface area (TPSA) is 68.0 Å². The van der Waals surface area contributed by atoms with Gasteiger partial charge in [-0.05, 0) is 47.8 Å². The Morgan fingerprint density at radius 2 is 2.31 bits per heavy atom. The Labute approximate surface area is 103 Å². The lowest BCUT2D eigenvalue weighted by molar-refractivity contribution is -0.120. The molecule has 0 bridgehead atoms. The number of nitrogens with zero attached hydrogens (tertiary/aromatic N) is 1. The number of hydrogen-bond donors (Lipinski definition) is 2. The third-order valence-corrected chi connectivity index (χ3v) is 3.83. The molecule has 86 valence electrons. The lowest BCUT2D eigenvalue weighted by Gasteiger charge is -2.12. The van der Waals surface area contributed by atoms with Crippen molar-refractivity contribution in [3.8, 4) is 0 Å². The molecule has 1 aliphatic rings. The Hall–Kier alpha value is -0.940. The van der Waals surface area contributed by atoms with Crippen LogP contribution in [0.25, 0.3) is 0 Å². The number of halogens is 1. The van der Waals surface area contributed by atoms with Crippen molar-refractivity contribution >= 4 is 27.7 Å². The number of aryl methyl sites for hydroxylation is 1. The van der Waals surface area contributed by atoms with Crippen LogP contribution in [0.4, 0.5) is 5.82 Å². The zero-order valence-corrected chi connectivity index (χ0v) is 10.7. The minimum absolute atomic E-state index is 0.00998. The van der Waals surface area contributed by atoms with Gasteiger partial charge in [0.25, 0.3) is 0 Å². The van der Waals surface area contributed by atoms with Crippen LogP contribution in [0.15, 0.2) is 16.6 Å². The predicted molar refractivity (Wildman–Crippen MR) is 66.0 cm³/mol. The molecule has 0 aromatic carbocycles. The average molecular weight is 284 g/mol. The van der Waals surface area contributed by atoms with E-state index in [1.54, 1.807) is 6.07 Å². The van der Waals surface area contributed by atoms with Crippen LogP contribution in [0, 0.1) is 12.3 Å². The van der Waals surface area contributed by atoms with E-state index in [2.05, 4.69) is 26.2 Å². The van der Waals surface area contributed by atoms with Gasteiger partial charge in [0, 0.05) is 11.0 Å². The quantitative estimate of drug-likeness (QED) is 0.889. The van der Waals surface area contributed by atoms with E-state index in [4.69, 9.17) is 5.73 Å². The number of carbonyl (C=O) groups is 1. The van der Waals surface area contributed by atoms with Crippen molar-refractivity contribution in [2.24, 2.45) is 11.1 Å². The zero-order chi connectivity index (χ0) is 11.8. The highest BCUT2D eigenvalue weighted by Crippen LogP contribution is 2.45. The number of rotatable bonds is 3. The third kappa shape index (κ3) is 2.10. The molecule has 0 aliphatic heterocycles. The van der Waals surface area contributed by atoms with Crippen molar-refractivity contribution in [3.63, 3.8) is 0 Å². The molecule has 1 heterocycles. The summed E-state index contributed by atoms with van der Waals surface area (Å²) in [7, 11) is 0. The van der Waals surface area contributed by atoms with Crippen LogP contribution in [0.1, 0.15) is 18.5 Å². The first-order valence-corrected chi connectivity index (χ1v) is 6.01. The fraction of sp³-hybridized carbons (Fsp3) is 0.455. The molecule has 0 saturated heterocycles. The van der Waals surface area contributed by atoms with Gasteiger partial charge < -0.3 is 11.1 Å². The van der Waals surface area contributed by atoms with E-state index < -0.39 is 0 Å². The summed E-state index contributed by atoms with van der Waals surface area (Å²) in [5.41, 5.74) is 6.11. The summed E-state index contributed by atoms with van der Waals surface area (Å²) in [6, 6.07) is 3.65. The summed E-state index contributed by atoms with van der Waals surface area (Å²) in [5, 5.41) is 2.81. The average Bonchev–Trinajstić information content (AvgIpc) is 3.04. The van der Waals surface area contributed by atoms with Gasteiger partial charge in [-0.2, -0.15) is 0 Å². The minimum atomic E-state index is -0.331. The van der Waals surface area contributed by atoms with E-state index in [1.165, 1.54) is 0 Å². The van der Waals surface area contributed by atoms with Gasteiger partial charge in [0.2, 0.25) is 5.91 Å². The van der Waals surface area contributed by atoms with E-state index in [9.17, 15) is 4.79 Å². The fourth-order valence-corrected chi connectivity index (χ4v) is 1.76. The van der Waals surface area contributed by atoms with Gasteiger partial charge in [-0.15, -0.1) is 0 Å². The molecule has 16 heavy (non-hydrogen) atoms. The molecule has 0 spiro atoms. The summed E-state index contributed by atoms with van der Waals surface area (Å²) >= 11 is 3.37. The van der Waals surface area contributed by atoms with Crippen LogP contribution in [-0.4, -0.2) is 17.4 Å². The molecule has 1 aliphatic carbocycles. The normalized spacial score (nSPS) is 16.9. The molecule has 2 rings (SSSR count). The van der Waals surface area contributed by atoms with Crippen LogP contribution in [-0.2, 0) is 4.79 Å². The van der Waals surface area contributed by atoms with Crippen molar-refractivity contribution in [1.82, 2.24) is 4.98 Å². The Kier molecular flexibility index (Phi) is 2.99. The summed E-state index contributed by atoms with van der Waals surface area (Å²) < 4.78 is 0.936. The molecule has 1 aromatic rings. The number of nitrogens with one attached hydrogen (secondary N) is 1. The molecule has 1 saturated carbocycles. The molecular formula is C11H14BrN3O. The Morgan fingerprint density at radius 1 is 1.62 bits per heavy atom. The maximum absolute atomic E-state index is 11.9. The summed E-state index contributed by atoms with van der Waals surface area (Å²) in [6.07, 6.45) is 1.76. The smallest absolute Gasteiger partial charge is 0.233 e. The van der Waals surface area contributed by atoms with Gasteiger partial charge in [-0.3, -0.25) is 4.79 Å². The summed E-state index contributed by atoms with van der Waals surface area (Å²) in [5.74, 6) is 0.578. The Morgan fingerprint density at radius 3 is 2.81 bits per heavy atom. The van der Waals surface area contributed by atoms with E-state index >= 15 is 0 Å². The highest BCUT2D eigenvalue weighted by atomic mass is 79.9. The molecule has 0 radical (unpaired) electrons. The number of nitrogens with two attached hydrogens (primary N) is 1. The predicted octanol–water partition coefficient (Wildman–Crippen LogP) is 1.83. The molecule has 4 nitrogen and oxygen atoms in total. The first kappa shape index (κ1) is 11.5. The van der Waals surface area contributed by atoms with E-state index in [0.717, 1.165) is 23.0 Å². The molecule has 0 atom stereocenters. The van der Waals surface area contributed by atoms with Crippen molar-refractivity contribution in [2.75, 3.05) is 11.9 Å². The largest absolute Gasteiger partial charge is 0.329 e. The van der Waals surface area contributed by atoms with Crippen LogP contribution in [0.2, 0.25) is 0 Å². The van der Waals surface area contributed by atoms with Crippen molar-refractivity contribution in [3.05, 3.63) is 22.3 Å². The van der Waals surface area contributed by atoms with Crippen LogP contribution >= 0.6 is 15.9 Å². The second kappa shape index (κ2) is 4.14.